The van der Waals surface area contributed by atoms with Gasteiger partial charge in [-0.25, -0.2) is 19.6 Å². The van der Waals surface area contributed by atoms with E-state index in [1.165, 1.54) is 4.90 Å². The molecule has 3 aromatic carbocycles. The Bertz CT molecular complexity index is 3170. The van der Waals surface area contributed by atoms with Crippen LogP contribution < -0.4 is 31.7 Å². The lowest BCUT2D eigenvalue weighted by Crippen LogP contribution is -2.45. The van der Waals surface area contributed by atoms with Crippen molar-refractivity contribution in [1.82, 2.24) is 45.4 Å². The Morgan fingerprint density at radius 2 is 1.51 bits per heavy atom. The van der Waals surface area contributed by atoms with Crippen molar-refractivity contribution < 1.29 is 57.1 Å². The van der Waals surface area contributed by atoms with Crippen LogP contribution in [-0.4, -0.2) is 175 Å². The number of imide groups is 1. The predicted molar refractivity (Wildman–Crippen MR) is 309 cm³/mol. The average molecular weight is 1150 g/mol. The van der Waals surface area contributed by atoms with Gasteiger partial charge in [-0.15, -0.1) is 0 Å². The maximum atomic E-state index is 13.9. The summed E-state index contributed by atoms with van der Waals surface area (Å²) in [6.07, 6.45) is 3.66. The molecule has 444 valence electrons. The van der Waals surface area contributed by atoms with Gasteiger partial charge in [-0.05, 0) is 87.2 Å². The normalized spacial score (nSPS) is 15.3. The van der Waals surface area contributed by atoms with Crippen molar-refractivity contribution in [2.75, 3.05) is 109 Å². The number of benzene rings is 3. The molecule has 3 aromatic heterocycles. The number of para-hydroxylation sites is 1. The molecule has 0 saturated carbocycles. The number of hydrogen-bond donors (Lipinski definition) is 5. The highest BCUT2D eigenvalue weighted by Gasteiger charge is 2.52. The quantitative estimate of drug-likeness (QED) is 0.0204. The lowest BCUT2D eigenvalue weighted by Gasteiger charge is -2.36. The molecular formula is C59H76N12O12. The lowest BCUT2D eigenvalue weighted by atomic mass is 9.89. The van der Waals surface area contributed by atoms with E-state index in [-0.39, 0.29) is 55.6 Å². The number of esters is 1. The van der Waals surface area contributed by atoms with Crippen LogP contribution in [0.15, 0.2) is 79.0 Å². The van der Waals surface area contributed by atoms with Gasteiger partial charge in [-0.2, -0.15) is 9.97 Å². The average Bonchev–Trinajstić information content (AvgIpc) is 2.19. The van der Waals surface area contributed by atoms with E-state index in [1.807, 2.05) is 61.3 Å². The molecule has 0 bridgehead atoms. The molecule has 0 unspecified atom stereocenters. The van der Waals surface area contributed by atoms with Gasteiger partial charge in [0.15, 0.2) is 17.0 Å². The maximum Gasteiger partial charge on any atom is 0.329 e. The minimum absolute atomic E-state index is 0.0124. The lowest BCUT2D eigenvalue weighted by molar-refractivity contribution is -0.157. The number of H-pyrrole nitrogens is 1. The summed E-state index contributed by atoms with van der Waals surface area (Å²) in [7, 11) is 1.86. The number of ether oxygens (including phenoxy) is 7. The number of carbonyl (C=O) groups is 5. The molecule has 5 heterocycles. The van der Waals surface area contributed by atoms with Crippen molar-refractivity contribution in [2.24, 2.45) is 0 Å². The summed E-state index contributed by atoms with van der Waals surface area (Å²) in [5.41, 5.74) is 17.0. The highest BCUT2D eigenvalue weighted by atomic mass is 16.6. The summed E-state index contributed by atoms with van der Waals surface area (Å²) in [6, 6.07) is 20.2. The van der Waals surface area contributed by atoms with Crippen LogP contribution in [0.4, 0.5) is 22.2 Å². The van der Waals surface area contributed by atoms with Crippen molar-refractivity contribution in [1.29, 1.82) is 0 Å². The summed E-state index contributed by atoms with van der Waals surface area (Å²) >= 11 is 0. The van der Waals surface area contributed by atoms with E-state index >= 15 is 0 Å². The van der Waals surface area contributed by atoms with Crippen LogP contribution in [0.1, 0.15) is 92.3 Å². The van der Waals surface area contributed by atoms with E-state index in [0.29, 0.717) is 114 Å². The van der Waals surface area contributed by atoms with E-state index in [1.54, 1.807) is 56.1 Å². The summed E-state index contributed by atoms with van der Waals surface area (Å²) < 4.78 is 39.8. The van der Waals surface area contributed by atoms with E-state index in [2.05, 4.69) is 41.6 Å². The summed E-state index contributed by atoms with van der Waals surface area (Å²) in [4.78, 5) is 92.4. The van der Waals surface area contributed by atoms with Gasteiger partial charge in [0, 0.05) is 60.8 Å². The second kappa shape index (κ2) is 29.3. The summed E-state index contributed by atoms with van der Waals surface area (Å²) in [5.74, 6) is -0.823. The van der Waals surface area contributed by atoms with Gasteiger partial charge in [0.1, 0.15) is 36.1 Å². The molecule has 0 radical (unpaired) electrons. The van der Waals surface area contributed by atoms with Gasteiger partial charge in [0.05, 0.1) is 84.5 Å². The molecular weight excluding hydrogens is 1070 g/mol. The van der Waals surface area contributed by atoms with Crippen LogP contribution in [0.2, 0.25) is 0 Å². The fraction of sp³-hybridized carbons (Fsp3) is 0.475. The predicted octanol–water partition coefficient (Wildman–Crippen LogP) is 5.28. The molecule has 24 heteroatoms. The molecule has 3 atom stereocenters. The molecule has 0 aliphatic carbocycles. The number of rotatable bonds is 32. The smallest absolute Gasteiger partial charge is 0.329 e. The second-order valence-electron chi connectivity index (χ2n) is 21.1. The SMILES string of the molecule is CCCCN1C(=O)[C@@H]2Cc3c([nH]c4ccccc34)[C@@H](c3cccc(OCCOCCOCCOCCOCCOCCNC(=O)CC[C@H](NC(=O)c4ccc(N(C)Cc5cnc6nc(N)nc(N)c6n5)cc4)C(=O)OC(C)(C)C)c3)N2C1=O. The number of nitrogens with zero attached hydrogens (tertiary/aromatic N) is 7. The van der Waals surface area contributed by atoms with Gasteiger partial charge in [-0.3, -0.25) is 24.2 Å². The third-order valence-electron chi connectivity index (χ3n) is 13.7. The summed E-state index contributed by atoms with van der Waals surface area (Å²) in [5, 5.41) is 6.59. The number of nitrogen functional groups attached to an aromatic ring is 2. The van der Waals surface area contributed by atoms with Crippen molar-refractivity contribution in [3.63, 3.8) is 0 Å². The maximum absolute atomic E-state index is 13.9. The monoisotopic (exact) mass is 1140 g/mol. The van der Waals surface area contributed by atoms with Gasteiger partial charge >= 0.3 is 12.0 Å². The molecule has 24 nitrogen and oxygen atoms in total. The second-order valence-corrected chi connectivity index (χ2v) is 21.1. The van der Waals surface area contributed by atoms with Crippen LogP contribution in [0.3, 0.4) is 0 Å². The Morgan fingerprint density at radius 1 is 0.831 bits per heavy atom. The zero-order valence-electron chi connectivity index (χ0n) is 47.9. The van der Waals surface area contributed by atoms with E-state index < -0.39 is 35.6 Å². The first kappa shape index (κ1) is 61.1. The Labute approximate surface area is 482 Å². The first-order chi connectivity index (χ1) is 40.1. The number of urea groups is 1. The topological polar surface area (TPSA) is 303 Å². The molecule has 2 aliphatic rings. The first-order valence-electron chi connectivity index (χ1n) is 28.1. The zero-order chi connectivity index (χ0) is 58.9. The molecule has 1 saturated heterocycles. The van der Waals surface area contributed by atoms with Gasteiger partial charge in [0.25, 0.3) is 11.8 Å². The number of hydrogen-bond acceptors (Lipinski definition) is 19. The first-order valence-corrected chi connectivity index (χ1v) is 28.1. The highest BCUT2D eigenvalue weighted by molar-refractivity contribution is 6.06. The molecule has 7 N–H and O–H groups in total. The van der Waals surface area contributed by atoms with Crippen LogP contribution in [0.5, 0.6) is 5.75 Å². The third-order valence-corrected chi connectivity index (χ3v) is 13.7. The molecule has 0 spiro atoms. The minimum Gasteiger partial charge on any atom is -0.491 e. The number of carbonyl (C=O) groups excluding carboxylic acids is 5. The van der Waals surface area contributed by atoms with Crippen molar-refractivity contribution in [2.45, 2.75) is 90.1 Å². The number of nitrogens with one attached hydrogen (secondary N) is 3. The number of fused-ring (bicyclic) bond motifs is 5. The highest BCUT2D eigenvalue weighted by Crippen LogP contribution is 2.44. The fourth-order valence-corrected chi connectivity index (χ4v) is 9.72. The Balaban J connectivity index is 0.643. The number of aromatic nitrogens is 5. The number of nitrogens with two attached hydrogens (primary N) is 2. The third kappa shape index (κ3) is 16.6. The van der Waals surface area contributed by atoms with Crippen molar-refractivity contribution >= 4 is 69.2 Å². The standard InChI is InChI=1S/C59H76N12O12/c1-6-7-22-70-55(74)47-35-44-43-13-8-9-14-45(43)65-49(44)51(71(47)58(70)76)39-11-10-12-42(34-39)82-33-32-81-31-30-80-29-28-79-27-26-78-25-24-77-23-21-62-48(72)20-19-46(56(75)83-59(2,3)4)66-54(73)38-15-17-41(18-16-38)69(5)37-40-36-63-53-50(64-40)52(60)67-57(61)68-53/h8-18,34,36,46-47,51,65H,6-7,19-33,35,37H2,1-5H3,(H,62,72)(H,66,73)(H4,60,61,63,67,68)/t46-,47-,51+/m0/s1. The van der Waals surface area contributed by atoms with Gasteiger partial charge in [-0.1, -0.05) is 43.7 Å². The molecule has 8 rings (SSSR count). The van der Waals surface area contributed by atoms with Gasteiger partial charge < -0.3 is 65.1 Å². The molecule has 2 aliphatic heterocycles. The molecule has 83 heavy (non-hydrogen) atoms. The Kier molecular flexibility index (Phi) is 21.5. The number of amides is 5. The fourth-order valence-electron chi connectivity index (χ4n) is 9.72. The van der Waals surface area contributed by atoms with Crippen LogP contribution in [0, 0.1) is 0 Å². The van der Waals surface area contributed by atoms with Gasteiger partial charge in [0.2, 0.25) is 11.9 Å². The largest absolute Gasteiger partial charge is 0.491 e. The Hall–Kier alpha value is -8.03. The molecule has 1 fully saturated rings. The number of aromatic amines is 1. The molecule has 6 aromatic rings. The van der Waals surface area contributed by atoms with Crippen LogP contribution >= 0.6 is 0 Å². The van der Waals surface area contributed by atoms with Crippen molar-refractivity contribution in [3.05, 3.63) is 107 Å². The van der Waals surface area contributed by atoms with Crippen LogP contribution in [-0.2, 0) is 55.8 Å². The minimum atomic E-state index is -1.08. The van der Waals surface area contributed by atoms with Crippen molar-refractivity contribution in [3.8, 4) is 5.75 Å². The number of anilines is 3. The van der Waals surface area contributed by atoms with Crippen LogP contribution in [0.25, 0.3) is 22.1 Å². The van der Waals surface area contributed by atoms with E-state index in [0.717, 1.165) is 46.3 Å². The van der Waals surface area contributed by atoms with E-state index in [9.17, 15) is 24.0 Å². The zero-order valence-corrected chi connectivity index (χ0v) is 47.9. The van der Waals surface area contributed by atoms with E-state index in [4.69, 9.17) is 44.6 Å². The Morgan fingerprint density at radius 3 is 2.19 bits per heavy atom. The summed E-state index contributed by atoms with van der Waals surface area (Å²) in [6.45, 7) is 12.1. The number of unbranched alkanes of at least 4 members (excludes halogenated alkanes) is 1. The molecule has 5 amide bonds.